The van der Waals surface area contributed by atoms with Crippen molar-refractivity contribution in [1.82, 2.24) is 24.7 Å². The number of aryl methyl sites for hydroxylation is 2. The van der Waals surface area contributed by atoms with E-state index in [1.807, 2.05) is 44.2 Å². The van der Waals surface area contributed by atoms with Crippen LogP contribution in [0.2, 0.25) is 0 Å². The molecular weight excluding hydrogens is 352 g/mol. The third-order valence-corrected chi connectivity index (χ3v) is 4.72. The zero-order valence-electron chi connectivity index (χ0n) is 15.0. The summed E-state index contributed by atoms with van der Waals surface area (Å²) < 4.78 is 14.0. The molecule has 0 spiro atoms. The molecule has 0 saturated heterocycles. The molecule has 3 aromatic rings. The van der Waals surface area contributed by atoms with Gasteiger partial charge in [0.15, 0.2) is 0 Å². The van der Waals surface area contributed by atoms with Crippen molar-refractivity contribution < 1.29 is 9.47 Å². The minimum Gasteiger partial charge on any atom is -0.497 e. The van der Waals surface area contributed by atoms with Gasteiger partial charge >= 0.3 is 0 Å². The molecule has 2 N–H and O–H groups in total. The average Bonchev–Trinajstić information content (AvgIpc) is 3.16. The van der Waals surface area contributed by atoms with Crippen molar-refractivity contribution in [3.05, 3.63) is 41.7 Å². The summed E-state index contributed by atoms with van der Waals surface area (Å²) >= 11 is 1.54. The molecule has 0 atom stereocenters. The number of thioether (sulfide) groups is 1. The number of nitrogens with two attached hydrogens (primary N) is 1. The summed E-state index contributed by atoms with van der Waals surface area (Å²) in [5.41, 5.74) is 1.88. The highest BCUT2D eigenvalue weighted by Crippen LogP contribution is 2.20. The number of nitrogens with zero attached hydrogens (tertiary/aromatic N) is 5. The summed E-state index contributed by atoms with van der Waals surface area (Å²) in [5, 5.41) is 13.3. The molecule has 0 amide bonds. The summed E-state index contributed by atoms with van der Waals surface area (Å²) in [6.07, 6.45) is 0.860. The van der Waals surface area contributed by atoms with Crippen LogP contribution >= 0.6 is 11.8 Å². The fraction of sp³-hybridized carbons (Fsp3) is 0.353. The highest BCUT2D eigenvalue weighted by Gasteiger charge is 2.14. The summed E-state index contributed by atoms with van der Waals surface area (Å²) in [5.74, 6) is 9.08. The first-order valence-electron chi connectivity index (χ1n) is 8.22. The van der Waals surface area contributed by atoms with Gasteiger partial charge < -0.3 is 15.3 Å². The van der Waals surface area contributed by atoms with Crippen LogP contribution in [0.15, 0.2) is 35.5 Å². The number of nitrogen functional groups attached to an aromatic ring is 1. The first-order valence-corrected chi connectivity index (χ1v) is 9.21. The Morgan fingerprint density at radius 3 is 2.50 bits per heavy atom. The summed E-state index contributed by atoms with van der Waals surface area (Å²) in [4.78, 5) is 0. The molecule has 0 radical (unpaired) electrons. The molecule has 2 heterocycles. The lowest BCUT2D eigenvalue weighted by molar-refractivity contribution is 0.318. The summed E-state index contributed by atoms with van der Waals surface area (Å²) in [7, 11) is 1.64. The molecular formula is C17H22N6O2S. The number of rotatable bonds is 8. The minimum absolute atomic E-state index is 0.507. The number of methoxy groups -OCH3 is 1. The lowest BCUT2D eigenvalue weighted by Gasteiger charge is -2.07. The molecule has 0 aliphatic carbocycles. The van der Waals surface area contributed by atoms with Gasteiger partial charge in [-0.2, -0.15) is 5.10 Å². The Kier molecular flexibility index (Phi) is 5.67. The van der Waals surface area contributed by atoms with Crippen LogP contribution in [-0.4, -0.2) is 44.1 Å². The van der Waals surface area contributed by atoms with E-state index in [0.29, 0.717) is 17.7 Å². The number of benzene rings is 1. The molecule has 3 rings (SSSR count). The molecule has 8 nitrogen and oxygen atoms in total. The number of hydrogen-bond acceptors (Lipinski definition) is 7. The first-order chi connectivity index (χ1) is 12.6. The van der Waals surface area contributed by atoms with Crippen LogP contribution in [0, 0.1) is 13.8 Å². The van der Waals surface area contributed by atoms with Gasteiger partial charge in [-0.15, -0.1) is 10.2 Å². The van der Waals surface area contributed by atoms with Crippen molar-refractivity contribution in [3.63, 3.8) is 0 Å². The lowest BCUT2D eigenvalue weighted by Crippen LogP contribution is -2.17. The van der Waals surface area contributed by atoms with Gasteiger partial charge in [-0.25, -0.2) is 9.36 Å². The maximum absolute atomic E-state index is 6.11. The highest BCUT2D eigenvalue weighted by atomic mass is 32.2. The van der Waals surface area contributed by atoms with Gasteiger partial charge in [0.05, 0.1) is 19.4 Å². The van der Waals surface area contributed by atoms with E-state index in [9.17, 15) is 0 Å². The molecule has 1 aromatic carbocycles. The molecule has 26 heavy (non-hydrogen) atoms. The van der Waals surface area contributed by atoms with Gasteiger partial charge in [0.2, 0.25) is 5.16 Å². The van der Waals surface area contributed by atoms with E-state index in [1.165, 1.54) is 16.4 Å². The second-order valence-electron chi connectivity index (χ2n) is 5.72. The number of ether oxygens (including phenoxy) is 2. The molecule has 138 valence electrons. The van der Waals surface area contributed by atoms with Crippen LogP contribution in [0.4, 0.5) is 0 Å². The smallest absolute Gasteiger partial charge is 0.271 e. The Morgan fingerprint density at radius 1 is 1.12 bits per heavy atom. The predicted molar refractivity (Wildman–Crippen MR) is 101 cm³/mol. The Balaban J connectivity index is 1.48. The van der Waals surface area contributed by atoms with Crippen LogP contribution in [-0.2, 0) is 0 Å². The van der Waals surface area contributed by atoms with Crippen molar-refractivity contribution in [2.45, 2.75) is 25.4 Å². The lowest BCUT2D eigenvalue weighted by atomic mass is 10.3. The first kappa shape index (κ1) is 18.1. The van der Waals surface area contributed by atoms with Crippen LogP contribution in [0.5, 0.6) is 11.5 Å². The maximum atomic E-state index is 6.11. The number of hydrogen-bond donors (Lipinski definition) is 1. The Hall–Kier alpha value is -2.68. The molecule has 2 aromatic heterocycles. The van der Waals surface area contributed by atoms with E-state index in [4.69, 9.17) is 15.3 Å². The zero-order valence-corrected chi connectivity index (χ0v) is 15.9. The summed E-state index contributed by atoms with van der Waals surface area (Å²) in [6.45, 7) is 4.50. The van der Waals surface area contributed by atoms with Gasteiger partial charge in [-0.05, 0) is 50.6 Å². The van der Waals surface area contributed by atoms with Crippen molar-refractivity contribution >= 4 is 11.8 Å². The van der Waals surface area contributed by atoms with Crippen molar-refractivity contribution in [2.24, 2.45) is 0 Å². The normalized spacial score (nSPS) is 10.9. The van der Waals surface area contributed by atoms with Gasteiger partial charge in [0, 0.05) is 11.4 Å². The molecule has 0 saturated carbocycles. The molecule has 0 aliphatic rings. The topological polar surface area (TPSA) is 93.0 Å². The van der Waals surface area contributed by atoms with Gasteiger partial charge in [0.1, 0.15) is 11.5 Å². The van der Waals surface area contributed by atoms with Crippen LogP contribution in [0.25, 0.3) is 5.95 Å². The third kappa shape index (κ3) is 4.10. The van der Waals surface area contributed by atoms with E-state index in [2.05, 4.69) is 15.3 Å². The van der Waals surface area contributed by atoms with Crippen LogP contribution < -0.4 is 15.3 Å². The van der Waals surface area contributed by atoms with E-state index in [1.54, 1.807) is 11.8 Å². The second kappa shape index (κ2) is 8.13. The molecule has 0 fully saturated rings. The molecule has 0 bridgehead atoms. The van der Waals surface area contributed by atoms with E-state index < -0.39 is 0 Å². The molecule has 9 heteroatoms. The SMILES string of the molecule is COc1ccc(OCCCSc2nnc(-n3nc(C)cc3C)n2N)cc1. The average molecular weight is 374 g/mol. The summed E-state index contributed by atoms with van der Waals surface area (Å²) in [6, 6.07) is 9.51. The van der Waals surface area contributed by atoms with Crippen molar-refractivity contribution in [3.8, 4) is 17.4 Å². The zero-order chi connectivity index (χ0) is 18.5. The van der Waals surface area contributed by atoms with Crippen LogP contribution in [0.3, 0.4) is 0 Å². The minimum atomic E-state index is 0.507. The highest BCUT2D eigenvalue weighted by molar-refractivity contribution is 7.99. The Bertz CT molecular complexity index is 859. The van der Waals surface area contributed by atoms with E-state index in [-0.39, 0.29) is 0 Å². The fourth-order valence-corrected chi connectivity index (χ4v) is 3.19. The van der Waals surface area contributed by atoms with Gasteiger partial charge in [-0.3, -0.25) is 0 Å². The van der Waals surface area contributed by atoms with E-state index in [0.717, 1.165) is 35.1 Å². The molecule has 0 aliphatic heterocycles. The fourth-order valence-electron chi connectivity index (χ4n) is 2.43. The number of aromatic nitrogens is 5. The van der Waals surface area contributed by atoms with Crippen molar-refractivity contribution in [2.75, 3.05) is 25.3 Å². The molecule has 0 unspecified atom stereocenters. The van der Waals surface area contributed by atoms with Gasteiger partial charge in [0.25, 0.3) is 5.95 Å². The van der Waals surface area contributed by atoms with E-state index >= 15 is 0 Å². The quantitative estimate of drug-likeness (QED) is 0.367. The van der Waals surface area contributed by atoms with Crippen molar-refractivity contribution in [1.29, 1.82) is 0 Å². The van der Waals surface area contributed by atoms with Crippen LogP contribution in [0.1, 0.15) is 17.8 Å². The largest absolute Gasteiger partial charge is 0.497 e. The predicted octanol–water partition coefficient (Wildman–Crippen LogP) is 2.36. The Labute approximate surface area is 156 Å². The monoisotopic (exact) mass is 374 g/mol. The second-order valence-corrected chi connectivity index (χ2v) is 6.78. The third-order valence-electron chi connectivity index (χ3n) is 3.69. The van der Waals surface area contributed by atoms with Gasteiger partial charge in [-0.1, -0.05) is 11.8 Å². The Morgan fingerprint density at radius 2 is 1.85 bits per heavy atom. The standard InChI is InChI=1S/C17H22N6O2S/c1-12-11-13(2)23(21-12)16-19-20-17(22(16)18)26-10-4-9-25-15-7-5-14(24-3)6-8-15/h5-8,11H,4,9-10,18H2,1-3H3. The maximum Gasteiger partial charge on any atom is 0.271 e.